The Morgan fingerprint density at radius 2 is 2.32 bits per heavy atom. The predicted octanol–water partition coefficient (Wildman–Crippen LogP) is 1.84. The Balaban J connectivity index is 2.38. The van der Waals surface area contributed by atoms with Gasteiger partial charge >= 0.3 is 0 Å². The van der Waals surface area contributed by atoms with Crippen LogP contribution in [0.25, 0.3) is 5.69 Å². The lowest BCUT2D eigenvalue weighted by atomic mass is 10.1. The molecule has 1 N–H and O–H groups in total. The van der Waals surface area contributed by atoms with E-state index in [4.69, 9.17) is 11.6 Å². The molecule has 0 bridgehead atoms. The molecule has 1 aromatic heterocycles. The van der Waals surface area contributed by atoms with Gasteiger partial charge in [0.1, 0.15) is 6.33 Å². The molecule has 0 unspecified atom stereocenters. The molecule has 19 heavy (non-hydrogen) atoms. The average Bonchev–Trinajstić information content (AvgIpc) is 2.92. The van der Waals surface area contributed by atoms with Gasteiger partial charge in [-0.25, -0.2) is 0 Å². The molecule has 6 nitrogen and oxygen atoms in total. The van der Waals surface area contributed by atoms with Crippen LogP contribution in [0, 0.1) is 0 Å². The molecule has 0 aliphatic rings. The van der Waals surface area contributed by atoms with Crippen LogP contribution in [0.15, 0.2) is 24.5 Å². The van der Waals surface area contributed by atoms with E-state index in [1.54, 1.807) is 18.2 Å². The highest BCUT2D eigenvalue weighted by Crippen LogP contribution is 2.19. The van der Waals surface area contributed by atoms with E-state index >= 15 is 0 Å². The molecule has 1 atom stereocenters. The Bertz CT molecular complexity index is 570. The molecule has 2 aromatic rings. The fourth-order valence-corrected chi connectivity index (χ4v) is 1.73. The highest BCUT2D eigenvalue weighted by molar-refractivity contribution is 6.31. The van der Waals surface area contributed by atoms with E-state index in [0.717, 1.165) is 6.42 Å². The van der Waals surface area contributed by atoms with Crippen molar-refractivity contribution in [2.45, 2.75) is 26.3 Å². The van der Waals surface area contributed by atoms with Gasteiger partial charge in [0.05, 0.1) is 11.3 Å². The standard InChI is InChI=1S/C12H14ClN5O/c1-3-8(2)15-12(19)10-5-4-9(13)6-11(10)18-7-14-16-17-18/h4-8H,3H2,1-2H3,(H,15,19)/t8-/m1/s1. The molecule has 1 amide bonds. The molecular weight excluding hydrogens is 266 g/mol. The van der Waals surface area contributed by atoms with Crippen molar-refractivity contribution in [1.29, 1.82) is 0 Å². The first-order valence-corrected chi connectivity index (χ1v) is 6.33. The number of amides is 1. The number of nitrogens with one attached hydrogen (secondary N) is 1. The quantitative estimate of drug-likeness (QED) is 0.927. The van der Waals surface area contributed by atoms with Gasteiger partial charge in [-0.15, -0.1) is 5.10 Å². The molecule has 0 saturated heterocycles. The zero-order valence-corrected chi connectivity index (χ0v) is 11.4. The first kappa shape index (κ1) is 13.5. The van der Waals surface area contributed by atoms with E-state index in [1.807, 2.05) is 13.8 Å². The predicted molar refractivity (Wildman–Crippen MR) is 71.4 cm³/mol. The average molecular weight is 280 g/mol. The molecule has 0 spiro atoms. The van der Waals surface area contributed by atoms with Crippen molar-refractivity contribution < 1.29 is 4.79 Å². The van der Waals surface area contributed by atoms with Crippen molar-refractivity contribution in [2.75, 3.05) is 0 Å². The van der Waals surface area contributed by atoms with Crippen LogP contribution in [-0.2, 0) is 0 Å². The van der Waals surface area contributed by atoms with Crippen LogP contribution in [0.5, 0.6) is 0 Å². The van der Waals surface area contributed by atoms with E-state index in [2.05, 4.69) is 20.8 Å². The van der Waals surface area contributed by atoms with Crippen LogP contribution in [0.4, 0.5) is 0 Å². The number of hydrogen-bond acceptors (Lipinski definition) is 4. The molecule has 1 heterocycles. The summed E-state index contributed by atoms with van der Waals surface area (Å²) in [6.07, 6.45) is 2.28. The summed E-state index contributed by atoms with van der Waals surface area (Å²) in [5.41, 5.74) is 1.04. The Morgan fingerprint density at radius 1 is 1.53 bits per heavy atom. The summed E-state index contributed by atoms with van der Waals surface area (Å²) in [5.74, 6) is -0.170. The summed E-state index contributed by atoms with van der Waals surface area (Å²) in [6, 6.07) is 5.09. The molecule has 0 fully saturated rings. The highest BCUT2D eigenvalue weighted by atomic mass is 35.5. The summed E-state index contributed by atoms with van der Waals surface area (Å²) in [5, 5.41) is 14.3. The lowest BCUT2D eigenvalue weighted by Crippen LogP contribution is -2.32. The Morgan fingerprint density at radius 3 is 2.95 bits per heavy atom. The Kier molecular flexibility index (Phi) is 4.11. The SMILES string of the molecule is CC[C@@H](C)NC(=O)c1ccc(Cl)cc1-n1cnnn1. The molecule has 0 saturated carbocycles. The zero-order chi connectivity index (χ0) is 13.8. The fraction of sp³-hybridized carbons (Fsp3) is 0.333. The molecule has 0 aliphatic carbocycles. The second-order valence-electron chi connectivity index (χ2n) is 4.20. The van der Waals surface area contributed by atoms with Crippen LogP contribution < -0.4 is 5.32 Å². The highest BCUT2D eigenvalue weighted by Gasteiger charge is 2.15. The number of carbonyl (C=O) groups is 1. The lowest BCUT2D eigenvalue weighted by molar-refractivity contribution is 0.0939. The van der Waals surface area contributed by atoms with Crippen molar-refractivity contribution in [1.82, 2.24) is 25.5 Å². The summed E-state index contributed by atoms with van der Waals surface area (Å²) < 4.78 is 1.41. The third-order valence-corrected chi connectivity index (χ3v) is 3.03. The maximum absolute atomic E-state index is 12.2. The number of nitrogens with zero attached hydrogens (tertiary/aromatic N) is 4. The number of tetrazole rings is 1. The minimum absolute atomic E-state index is 0.102. The number of halogens is 1. The first-order chi connectivity index (χ1) is 9.11. The van der Waals surface area contributed by atoms with Crippen LogP contribution >= 0.6 is 11.6 Å². The number of benzene rings is 1. The van der Waals surface area contributed by atoms with Gasteiger partial charge in [-0.3, -0.25) is 4.79 Å². The van der Waals surface area contributed by atoms with Gasteiger partial charge in [-0.1, -0.05) is 18.5 Å². The number of rotatable bonds is 4. The Labute approximate surface area is 115 Å². The van der Waals surface area contributed by atoms with Gasteiger partial charge in [0.2, 0.25) is 0 Å². The van der Waals surface area contributed by atoms with Crippen LogP contribution in [0.2, 0.25) is 5.02 Å². The third kappa shape index (κ3) is 3.08. The van der Waals surface area contributed by atoms with E-state index in [1.165, 1.54) is 11.0 Å². The van der Waals surface area contributed by atoms with Gasteiger partial charge in [0.15, 0.2) is 0 Å². The summed E-state index contributed by atoms with van der Waals surface area (Å²) in [4.78, 5) is 12.2. The van der Waals surface area contributed by atoms with E-state index < -0.39 is 0 Å². The number of hydrogen-bond donors (Lipinski definition) is 1. The van der Waals surface area contributed by atoms with Crippen LogP contribution in [0.1, 0.15) is 30.6 Å². The third-order valence-electron chi connectivity index (χ3n) is 2.79. The van der Waals surface area contributed by atoms with Gasteiger partial charge < -0.3 is 5.32 Å². The minimum Gasteiger partial charge on any atom is -0.350 e. The molecular formula is C12H14ClN5O. The summed E-state index contributed by atoms with van der Waals surface area (Å²) >= 11 is 5.96. The number of aromatic nitrogens is 4. The molecule has 2 rings (SSSR count). The Hall–Kier alpha value is -1.95. The van der Waals surface area contributed by atoms with Crippen molar-refractivity contribution in [2.24, 2.45) is 0 Å². The van der Waals surface area contributed by atoms with E-state index in [0.29, 0.717) is 16.3 Å². The topological polar surface area (TPSA) is 72.7 Å². The maximum atomic E-state index is 12.2. The number of carbonyl (C=O) groups excluding carboxylic acids is 1. The minimum atomic E-state index is -0.170. The fourth-order valence-electron chi connectivity index (χ4n) is 1.56. The first-order valence-electron chi connectivity index (χ1n) is 5.95. The second-order valence-corrected chi connectivity index (χ2v) is 4.64. The maximum Gasteiger partial charge on any atom is 0.253 e. The smallest absolute Gasteiger partial charge is 0.253 e. The summed E-state index contributed by atoms with van der Waals surface area (Å²) in [7, 11) is 0. The zero-order valence-electron chi connectivity index (χ0n) is 10.7. The van der Waals surface area contributed by atoms with Gasteiger partial charge in [0, 0.05) is 11.1 Å². The van der Waals surface area contributed by atoms with Gasteiger partial charge in [-0.2, -0.15) is 4.68 Å². The van der Waals surface area contributed by atoms with Crippen molar-refractivity contribution >= 4 is 17.5 Å². The summed E-state index contributed by atoms with van der Waals surface area (Å²) in [6.45, 7) is 3.96. The lowest BCUT2D eigenvalue weighted by Gasteiger charge is -2.13. The van der Waals surface area contributed by atoms with Crippen LogP contribution in [-0.4, -0.2) is 32.2 Å². The van der Waals surface area contributed by atoms with E-state index in [9.17, 15) is 4.79 Å². The van der Waals surface area contributed by atoms with Crippen molar-refractivity contribution in [3.63, 3.8) is 0 Å². The van der Waals surface area contributed by atoms with Gasteiger partial charge in [-0.05, 0) is 42.0 Å². The monoisotopic (exact) mass is 279 g/mol. The van der Waals surface area contributed by atoms with Crippen LogP contribution in [0.3, 0.4) is 0 Å². The molecule has 1 aromatic carbocycles. The largest absolute Gasteiger partial charge is 0.350 e. The van der Waals surface area contributed by atoms with Gasteiger partial charge in [0.25, 0.3) is 5.91 Å². The second kappa shape index (κ2) is 5.79. The molecule has 0 radical (unpaired) electrons. The normalized spacial score (nSPS) is 12.2. The molecule has 0 aliphatic heterocycles. The van der Waals surface area contributed by atoms with Crippen molar-refractivity contribution in [3.8, 4) is 5.69 Å². The van der Waals surface area contributed by atoms with Crippen molar-refractivity contribution in [3.05, 3.63) is 35.1 Å². The van der Waals surface area contributed by atoms with E-state index in [-0.39, 0.29) is 11.9 Å². The molecule has 7 heteroatoms. The molecule has 100 valence electrons.